The Morgan fingerprint density at radius 2 is 1.69 bits per heavy atom. The Morgan fingerprint density at radius 3 is 2.34 bits per heavy atom. The Morgan fingerprint density at radius 1 is 1.00 bits per heavy atom. The van der Waals surface area contributed by atoms with Crippen LogP contribution < -0.4 is 9.62 Å². The molecule has 0 saturated carbocycles. The third kappa shape index (κ3) is 5.86. The van der Waals surface area contributed by atoms with Crippen molar-refractivity contribution in [3.63, 3.8) is 0 Å². The average Bonchev–Trinajstić information content (AvgIpc) is 2.87. The number of hydrogen-bond donors (Lipinski definition) is 1. The van der Waals surface area contributed by atoms with E-state index in [2.05, 4.69) is 17.4 Å². The second kappa shape index (κ2) is 10.8. The van der Waals surface area contributed by atoms with Crippen LogP contribution in [0.25, 0.3) is 0 Å². The van der Waals surface area contributed by atoms with Crippen LogP contribution in [0.15, 0.2) is 83.8 Å². The molecular weight excluding hydrogens is 484 g/mol. The fraction of sp³-hybridized carbons (Fsp3) is 0.296. The first-order chi connectivity index (χ1) is 16.8. The maximum atomic E-state index is 13.6. The number of halogens is 1. The van der Waals surface area contributed by atoms with Crippen LogP contribution in [0.3, 0.4) is 0 Å². The molecule has 1 amide bonds. The number of carbonyl (C=O) groups is 1. The third-order valence-corrected chi connectivity index (χ3v) is 8.48. The highest BCUT2D eigenvalue weighted by molar-refractivity contribution is 7.92. The Hall–Kier alpha value is -2.87. The molecule has 0 aromatic heterocycles. The van der Waals surface area contributed by atoms with Crippen LogP contribution in [0.4, 0.5) is 5.69 Å². The molecule has 184 valence electrons. The van der Waals surface area contributed by atoms with Gasteiger partial charge in [-0.1, -0.05) is 54.1 Å². The van der Waals surface area contributed by atoms with Gasteiger partial charge in [0, 0.05) is 30.2 Å². The van der Waals surface area contributed by atoms with Crippen molar-refractivity contribution in [2.24, 2.45) is 0 Å². The van der Waals surface area contributed by atoms with Gasteiger partial charge in [0.15, 0.2) is 0 Å². The average molecular weight is 513 g/mol. The lowest BCUT2D eigenvalue weighted by Gasteiger charge is -2.38. The Bertz CT molecular complexity index is 1260. The van der Waals surface area contributed by atoms with Gasteiger partial charge in [0.25, 0.3) is 10.0 Å². The van der Waals surface area contributed by atoms with Crippen molar-refractivity contribution in [1.82, 2.24) is 5.32 Å². The van der Waals surface area contributed by atoms with E-state index in [0.717, 1.165) is 28.3 Å². The first kappa shape index (κ1) is 25.2. The number of nitrogens with one attached hydrogen (secondary N) is 1. The number of hydrogen-bond acceptors (Lipinski definition) is 4. The summed E-state index contributed by atoms with van der Waals surface area (Å²) in [4.78, 5) is 13.3. The van der Waals surface area contributed by atoms with Crippen molar-refractivity contribution in [3.8, 4) is 0 Å². The Balaban J connectivity index is 1.58. The fourth-order valence-corrected chi connectivity index (χ4v) is 5.95. The standard InChI is InChI=1S/C27H29ClN2O4S/c1-21-6-5-9-24(18-21)30(35(32,33)25-12-10-23(28)11-13-25)19-26(31)29-20-27(14-16-34-17-15-27)22-7-3-2-4-8-22/h2-13,18H,14-17,19-20H2,1H3,(H,29,31). The van der Waals surface area contributed by atoms with Crippen LogP contribution in [0, 0.1) is 6.92 Å². The molecular formula is C27H29ClN2O4S. The number of ether oxygens (including phenoxy) is 1. The smallest absolute Gasteiger partial charge is 0.264 e. The molecule has 1 N–H and O–H groups in total. The van der Waals surface area contributed by atoms with Crippen molar-refractivity contribution >= 4 is 33.2 Å². The van der Waals surface area contributed by atoms with E-state index in [9.17, 15) is 13.2 Å². The highest BCUT2D eigenvalue weighted by atomic mass is 35.5. The van der Waals surface area contributed by atoms with Crippen molar-refractivity contribution in [1.29, 1.82) is 0 Å². The largest absolute Gasteiger partial charge is 0.381 e. The van der Waals surface area contributed by atoms with Crippen LogP contribution in [0.2, 0.25) is 5.02 Å². The van der Waals surface area contributed by atoms with E-state index >= 15 is 0 Å². The monoisotopic (exact) mass is 512 g/mol. The molecule has 1 aliphatic heterocycles. The molecule has 0 radical (unpaired) electrons. The van der Waals surface area contributed by atoms with Crippen molar-refractivity contribution in [3.05, 3.63) is 95.0 Å². The number of benzene rings is 3. The van der Waals surface area contributed by atoms with E-state index in [1.807, 2.05) is 31.2 Å². The molecule has 3 aromatic rings. The van der Waals surface area contributed by atoms with Gasteiger partial charge in [0.05, 0.1) is 10.6 Å². The van der Waals surface area contributed by atoms with E-state index in [1.54, 1.807) is 18.2 Å². The number of anilines is 1. The predicted octanol–water partition coefficient (Wildman–Crippen LogP) is 4.71. The molecule has 0 aliphatic carbocycles. The number of sulfonamides is 1. The highest BCUT2D eigenvalue weighted by Crippen LogP contribution is 2.34. The van der Waals surface area contributed by atoms with Crippen LogP contribution in [-0.2, 0) is 25.0 Å². The Labute approximate surface area is 211 Å². The zero-order valence-electron chi connectivity index (χ0n) is 19.6. The molecule has 4 rings (SSSR count). The van der Waals surface area contributed by atoms with Gasteiger partial charge in [0.2, 0.25) is 5.91 Å². The van der Waals surface area contributed by atoms with Gasteiger partial charge in [-0.15, -0.1) is 0 Å². The molecule has 6 nitrogen and oxygen atoms in total. The lowest BCUT2D eigenvalue weighted by atomic mass is 9.74. The first-order valence-corrected chi connectivity index (χ1v) is 13.4. The van der Waals surface area contributed by atoms with Crippen molar-refractivity contribution in [2.45, 2.75) is 30.1 Å². The molecule has 1 aliphatic rings. The minimum absolute atomic E-state index is 0.0707. The quantitative estimate of drug-likeness (QED) is 0.474. The molecule has 1 heterocycles. The van der Waals surface area contributed by atoms with E-state index in [1.165, 1.54) is 24.3 Å². The topological polar surface area (TPSA) is 75.7 Å². The second-order valence-corrected chi connectivity index (χ2v) is 11.1. The van der Waals surface area contributed by atoms with Gasteiger partial charge in [-0.05, 0) is 67.3 Å². The van der Waals surface area contributed by atoms with Crippen LogP contribution in [-0.4, -0.2) is 40.6 Å². The van der Waals surface area contributed by atoms with Crippen LogP contribution >= 0.6 is 11.6 Å². The maximum Gasteiger partial charge on any atom is 0.264 e. The molecule has 0 spiro atoms. The molecule has 0 bridgehead atoms. The van der Waals surface area contributed by atoms with Gasteiger partial charge < -0.3 is 10.1 Å². The number of aryl methyl sites for hydroxylation is 1. The van der Waals surface area contributed by atoms with Crippen LogP contribution in [0.5, 0.6) is 0 Å². The summed E-state index contributed by atoms with van der Waals surface area (Å²) in [7, 11) is -4.00. The molecule has 3 aromatic carbocycles. The van der Waals surface area contributed by atoms with E-state index in [-0.39, 0.29) is 22.8 Å². The second-order valence-electron chi connectivity index (χ2n) is 8.84. The summed E-state index contributed by atoms with van der Waals surface area (Å²) in [6.07, 6.45) is 1.56. The normalized spacial score (nSPS) is 15.4. The lowest BCUT2D eigenvalue weighted by Crippen LogP contribution is -2.48. The van der Waals surface area contributed by atoms with E-state index in [4.69, 9.17) is 16.3 Å². The lowest BCUT2D eigenvalue weighted by molar-refractivity contribution is -0.120. The van der Waals surface area contributed by atoms with Gasteiger partial charge in [-0.25, -0.2) is 8.42 Å². The molecule has 1 fully saturated rings. The number of nitrogens with zero attached hydrogens (tertiary/aromatic N) is 1. The third-order valence-electron chi connectivity index (χ3n) is 6.44. The fourth-order valence-electron chi connectivity index (χ4n) is 4.41. The van der Waals surface area contributed by atoms with Crippen molar-refractivity contribution in [2.75, 3.05) is 30.6 Å². The zero-order valence-corrected chi connectivity index (χ0v) is 21.2. The maximum absolute atomic E-state index is 13.6. The minimum atomic E-state index is -4.00. The zero-order chi connectivity index (χ0) is 24.9. The van der Waals surface area contributed by atoms with Gasteiger partial charge in [-0.3, -0.25) is 9.10 Å². The van der Waals surface area contributed by atoms with E-state index in [0.29, 0.717) is 30.5 Å². The summed E-state index contributed by atoms with van der Waals surface area (Å²) >= 11 is 5.96. The molecule has 0 unspecified atom stereocenters. The minimum Gasteiger partial charge on any atom is -0.381 e. The number of rotatable bonds is 8. The predicted molar refractivity (Wildman–Crippen MR) is 138 cm³/mol. The van der Waals surface area contributed by atoms with Gasteiger partial charge >= 0.3 is 0 Å². The molecule has 0 atom stereocenters. The molecule has 35 heavy (non-hydrogen) atoms. The molecule has 8 heteroatoms. The summed E-state index contributed by atoms with van der Waals surface area (Å²) in [6, 6.07) is 23.1. The Kier molecular flexibility index (Phi) is 7.79. The van der Waals surface area contributed by atoms with Crippen molar-refractivity contribution < 1.29 is 17.9 Å². The number of amides is 1. The highest BCUT2D eigenvalue weighted by Gasteiger charge is 2.35. The summed E-state index contributed by atoms with van der Waals surface area (Å²) in [5.74, 6) is -0.370. The summed E-state index contributed by atoms with van der Waals surface area (Å²) in [5, 5.41) is 3.45. The first-order valence-electron chi connectivity index (χ1n) is 11.6. The van der Waals surface area contributed by atoms with E-state index < -0.39 is 10.0 Å². The van der Waals surface area contributed by atoms with Crippen LogP contribution in [0.1, 0.15) is 24.0 Å². The summed E-state index contributed by atoms with van der Waals surface area (Å²) < 4.78 is 33.9. The SMILES string of the molecule is Cc1cccc(N(CC(=O)NCC2(c3ccccc3)CCOCC2)S(=O)(=O)c2ccc(Cl)cc2)c1. The summed E-state index contributed by atoms with van der Waals surface area (Å²) in [5.41, 5.74) is 2.22. The van der Waals surface area contributed by atoms with Gasteiger partial charge in [-0.2, -0.15) is 0 Å². The molecule has 1 saturated heterocycles. The van der Waals surface area contributed by atoms with Gasteiger partial charge in [0.1, 0.15) is 6.54 Å². The summed E-state index contributed by atoms with van der Waals surface area (Å²) in [6.45, 7) is 3.18. The number of carbonyl (C=O) groups excluding carboxylic acids is 1.